The summed E-state index contributed by atoms with van der Waals surface area (Å²) in [5.74, 6) is -3.52. The highest BCUT2D eigenvalue weighted by Gasteiger charge is 2.42. The van der Waals surface area contributed by atoms with Crippen molar-refractivity contribution in [3.63, 3.8) is 0 Å². The fraction of sp³-hybridized carbons (Fsp3) is 0.422. The Morgan fingerprint density at radius 1 is 0.894 bits per heavy atom. The van der Waals surface area contributed by atoms with Gasteiger partial charge in [0.25, 0.3) is 0 Å². The van der Waals surface area contributed by atoms with E-state index in [-0.39, 0.29) is 39.8 Å². The highest BCUT2D eigenvalue weighted by molar-refractivity contribution is 7.88. The van der Waals surface area contributed by atoms with Crippen molar-refractivity contribution >= 4 is 85.2 Å². The molecule has 352 valence electrons. The van der Waals surface area contributed by atoms with Gasteiger partial charge in [-0.3, -0.25) is 14.9 Å². The number of amides is 2. The number of carboxylic acids is 2. The molecule has 4 aliphatic rings. The number of piperidine rings is 3. The smallest absolute Gasteiger partial charge is 0.349 e. The number of benzene rings is 3. The van der Waals surface area contributed by atoms with Crippen LogP contribution in [0.5, 0.6) is 5.75 Å². The molecule has 5 heterocycles. The SMILES string of the molecule is CN1c2cc(N3CCC(NCCNc4cccc(CS(=O)(=O)N5CCC(Nc6cccc(-c7sc(C(=O)O)c(OCC(=O)O)c7Cl)c6)CC5)c4)CC3)ccc2N(C2CCC(=O)NC2=O)C1O. The number of halogens is 1. The lowest BCUT2D eigenvalue weighted by molar-refractivity contribution is -0.139. The molecule has 7 N–H and O–H groups in total. The van der Waals surface area contributed by atoms with Crippen LogP contribution in [-0.2, 0) is 30.2 Å². The topological polar surface area (TPSA) is 233 Å². The summed E-state index contributed by atoms with van der Waals surface area (Å²) in [5, 5.41) is 42.7. The number of ether oxygens (including phenoxy) is 1. The summed E-state index contributed by atoms with van der Waals surface area (Å²) in [7, 11) is -1.79. The molecule has 2 amide bonds. The number of rotatable bonds is 17. The van der Waals surface area contributed by atoms with Gasteiger partial charge in [-0.05, 0) is 85.7 Å². The molecule has 2 unspecified atom stereocenters. The van der Waals surface area contributed by atoms with Crippen molar-refractivity contribution in [3.8, 4) is 16.2 Å². The number of hydrogen-bond acceptors (Lipinski definition) is 15. The Hall–Kier alpha value is -5.64. The maximum atomic E-state index is 13.6. The van der Waals surface area contributed by atoms with Gasteiger partial charge in [0.2, 0.25) is 28.2 Å². The summed E-state index contributed by atoms with van der Waals surface area (Å²) >= 11 is 7.39. The van der Waals surface area contributed by atoms with Crippen molar-refractivity contribution in [1.82, 2.24) is 14.9 Å². The molecule has 0 aliphatic carbocycles. The fourth-order valence-electron chi connectivity index (χ4n) is 9.07. The number of sulfonamides is 1. The van der Waals surface area contributed by atoms with Crippen molar-refractivity contribution in [2.24, 2.45) is 0 Å². The van der Waals surface area contributed by atoms with E-state index in [1.807, 2.05) is 48.5 Å². The van der Waals surface area contributed by atoms with Crippen LogP contribution in [0, 0.1) is 0 Å². The van der Waals surface area contributed by atoms with Crippen LogP contribution in [0.4, 0.5) is 28.4 Å². The molecule has 2 atom stereocenters. The first kappa shape index (κ1) is 46.9. The Morgan fingerprint density at radius 3 is 2.35 bits per heavy atom. The quantitative estimate of drug-likeness (QED) is 0.0564. The third-order valence-corrected chi connectivity index (χ3v) is 16.0. The molecule has 8 rings (SSSR count). The molecule has 1 aromatic heterocycles. The van der Waals surface area contributed by atoms with Crippen molar-refractivity contribution in [3.05, 3.63) is 82.2 Å². The number of anilines is 5. The molecule has 4 aromatic rings. The zero-order chi connectivity index (χ0) is 46.7. The molecule has 3 aromatic carbocycles. The van der Waals surface area contributed by atoms with Gasteiger partial charge in [-0.25, -0.2) is 22.3 Å². The average Bonchev–Trinajstić information content (AvgIpc) is 3.76. The number of aliphatic hydroxyl groups is 1. The average molecular weight is 966 g/mol. The van der Waals surface area contributed by atoms with E-state index < -0.39 is 46.9 Å². The Kier molecular flexibility index (Phi) is 14.3. The number of nitrogens with zero attached hydrogens (tertiary/aromatic N) is 4. The minimum absolute atomic E-state index is 0.00675. The van der Waals surface area contributed by atoms with Gasteiger partial charge in [-0.2, -0.15) is 0 Å². The highest BCUT2D eigenvalue weighted by Crippen LogP contribution is 2.46. The summed E-state index contributed by atoms with van der Waals surface area (Å²) in [6, 6.07) is 20.5. The van der Waals surface area contributed by atoms with E-state index in [2.05, 4.69) is 32.2 Å². The number of carbonyl (C=O) groups excluding carboxylic acids is 2. The van der Waals surface area contributed by atoms with Crippen LogP contribution in [0.2, 0.25) is 5.02 Å². The maximum Gasteiger partial charge on any atom is 0.349 e. The second kappa shape index (κ2) is 20.1. The summed E-state index contributed by atoms with van der Waals surface area (Å²) in [5.41, 5.74) is 5.56. The summed E-state index contributed by atoms with van der Waals surface area (Å²) < 4.78 is 33.9. The van der Waals surface area contributed by atoms with Gasteiger partial charge in [0.15, 0.2) is 17.2 Å². The molecular weight excluding hydrogens is 912 g/mol. The minimum atomic E-state index is -3.59. The zero-order valence-corrected chi connectivity index (χ0v) is 38.6. The number of aromatic carboxylic acids is 1. The first-order chi connectivity index (χ1) is 31.6. The zero-order valence-electron chi connectivity index (χ0n) is 36.2. The van der Waals surface area contributed by atoms with Crippen LogP contribution >= 0.6 is 22.9 Å². The number of nitrogens with one attached hydrogen (secondary N) is 4. The molecular formula is C45H53ClN8O10S2. The first-order valence-corrected chi connectivity index (χ1v) is 24.7. The highest BCUT2D eigenvalue weighted by atomic mass is 35.5. The number of aliphatic hydroxyl groups excluding tert-OH is 1. The number of fused-ring (bicyclic) bond motifs is 1. The van der Waals surface area contributed by atoms with Crippen molar-refractivity contribution in [1.29, 1.82) is 0 Å². The molecule has 21 heteroatoms. The number of carboxylic acid groups (broad SMARTS) is 2. The molecule has 66 heavy (non-hydrogen) atoms. The number of hydrogen-bond donors (Lipinski definition) is 7. The number of carbonyl (C=O) groups is 4. The molecule has 3 fully saturated rings. The molecule has 3 saturated heterocycles. The lowest BCUT2D eigenvalue weighted by Crippen LogP contribution is -2.56. The van der Waals surface area contributed by atoms with E-state index >= 15 is 0 Å². The van der Waals surface area contributed by atoms with Gasteiger partial charge in [-0.15, -0.1) is 11.3 Å². The maximum absolute atomic E-state index is 13.6. The van der Waals surface area contributed by atoms with Crippen LogP contribution in [0.1, 0.15) is 53.8 Å². The second-order valence-corrected chi connectivity index (χ2v) is 20.3. The Labute approximate surface area is 391 Å². The van der Waals surface area contributed by atoms with Crippen LogP contribution in [0.25, 0.3) is 10.4 Å². The Morgan fingerprint density at radius 2 is 1.62 bits per heavy atom. The lowest BCUT2D eigenvalue weighted by Gasteiger charge is -2.35. The largest absolute Gasteiger partial charge is 0.479 e. The van der Waals surface area contributed by atoms with E-state index in [1.165, 1.54) is 0 Å². The lowest BCUT2D eigenvalue weighted by atomic mass is 10.0. The number of imide groups is 1. The van der Waals surface area contributed by atoms with Crippen molar-refractivity contribution in [2.45, 2.75) is 68.8 Å². The van der Waals surface area contributed by atoms with E-state index in [0.29, 0.717) is 60.9 Å². The molecule has 0 radical (unpaired) electrons. The Bertz CT molecular complexity index is 2580. The van der Waals surface area contributed by atoms with Crippen LogP contribution in [0.15, 0.2) is 66.7 Å². The van der Waals surface area contributed by atoms with Crippen molar-refractivity contribution < 1.29 is 47.7 Å². The molecule has 0 saturated carbocycles. The fourth-order valence-corrected chi connectivity index (χ4v) is 12.0. The summed E-state index contributed by atoms with van der Waals surface area (Å²) in [6.07, 6.45) is 2.63. The number of thiophene rings is 1. The van der Waals surface area contributed by atoms with Crippen LogP contribution in [-0.4, -0.2) is 129 Å². The second-order valence-electron chi connectivity index (χ2n) is 16.9. The van der Waals surface area contributed by atoms with Crippen LogP contribution < -0.4 is 40.7 Å². The third-order valence-electron chi connectivity index (χ3n) is 12.5. The molecule has 0 spiro atoms. The van der Waals surface area contributed by atoms with Crippen LogP contribution in [0.3, 0.4) is 0 Å². The summed E-state index contributed by atoms with van der Waals surface area (Å²) in [4.78, 5) is 53.2. The third kappa shape index (κ3) is 10.5. The van der Waals surface area contributed by atoms with Gasteiger partial charge in [0, 0.05) is 81.9 Å². The van der Waals surface area contributed by atoms with Gasteiger partial charge in [0.1, 0.15) is 11.1 Å². The normalized spacial score (nSPS) is 19.7. The van der Waals surface area contributed by atoms with E-state index in [9.17, 15) is 37.8 Å². The molecule has 18 nitrogen and oxygen atoms in total. The molecule has 0 bridgehead atoms. The number of aliphatic carboxylic acids is 1. The van der Waals surface area contributed by atoms with E-state index in [1.54, 1.807) is 33.3 Å². The van der Waals surface area contributed by atoms with Gasteiger partial charge < -0.3 is 50.7 Å². The predicted octanol–water partition coefficient (Wildman–Crippen LogP) is 4.64. The predicted molar refractivity (Wildman–Crippen MR) is 253 cm³/mol. The van der Waals surface area contributed by atoms with E-state index in [0.717, 1.165) is 72.2 Å². The first-order valence-electron chi connectivity index (χ1n) is 21.9. The van der Waals surface area contributed by atoms with Gasteiger partial charge in [0.05, 0.1) is 22.0 Å². The monoisotopic (exact) mass is 964 g/mol. The summed E-state index contributed by atoms with van der Waals surface area (Å²) in [6.45, 7) is 3.07. The van der Waals surface area contributed by atoms with Crippen molar-refractivity contribution in [2.75, 3.05) is 78.3 Å². The van der Waals surface area contributed by atoms with E-state index in [4.69, 9.17) is 21.4 Å². The molecule has 4 aliphatic heterocycles. The Balaban J connectivity index is 0.768. The minimum Gasteiger partial charge on any atom is -0.479 e. The standard InChI is InChI=1S/C45H53ClN8O10S2/c1-51-36-24-33(8-9-34(36)54(45(51)61)35-10-11-37(55)50-43(35)58)52-18-12-29(13-19-52)47-16-17-48-31-6-2-4-27(22-31)26-66(62,63)53-20-14-30(15-21-53)49-32-7-3-5-28(23-32)41-39(46)40(64-25-38(56)57)42(65-41)44(59)60/h2-9,22-24,29-30,35,45,47-49,61H,10-21,25-26H2,1H3,(H,56,57)(H,59,60)(H,50,55,58). The van der Waals surface area contributed by atoms with Gasteiger partial charge in [-0.1, -0.05) is 35.9 Å². The van der Waals surface area contributed by atoms with Gasteiger partial charge >= 0.3 is 11.9 Å².